The van der Waals surface area contributed by atoms with Crippen LogP contribution in [0.3, 0.4) is 0 Å². The smallest absolute Gasteiger partial charge is 0.124 e. The van der Waals surface area contributed by atoms with Crippen molar-refractivity contribution < 1.29 is 4.74 Å². The first-order chi connectivity index (χ1) is 14.3. The standard InChI is InChI=1S/C27H34ClNO/c1-19-6-4-5-7-21(19)15-30-24-9-8-23(28)10-22(24)14-29-27-13-20-11-25(2,17-27)16-26(3,12-20)18-27/h4-10,20,29H,11-18H2,1-3H3/t20?,25-,26+,27?. The number of hydrogen-bond donors (Lipinski definition) is 1. The van der Waals surface area contributed by atoms with Gasteiger partial charge < -0.3 is 10.1 Å². The predicted molar refractivity (Wildman–Crippen MR) is 124 cm³/mol. The maximum absolute atomic E-state index is 6.37. The van der Waals surface area contributed by atoms with Gasteiger partial charge >= 0.3 is 0 Å². The van der Waals surface area contributed by atoms with Crippen LogP contribution in [0, 0.1) is 23.7 Å². The molecule has 4 atom stereocenters. The number of benzene rings is 2. The van der Waals surface area contributed by atoms with Crippen LogP contribution in [-0.2, 0) is 13.2 Å². The van der Waals surface area contributed by atoms with Crippen LogP contribution >= 0.6 is 11.6 Å². The van der Waals surface area contributed by atoms with Crippen molar-refractivity contribution in [2.24, 2.45) is 16.7 Å². The van der Waals surface area contributed by atoms with Gasteiger partial charge in [0.2, 0.25) is 0 Å². The quantitative estimate of drug-likeness (QED) is 0.536. The number of halogens is 1. The van der Waals surface area contributed by atoms with Crippen molar-refractivity contribution in [3.8, 4) is 5.75 Å². The molecule has 0 spiro atoms. The van der Waals surface area contributed by atoms with E-state index in [1.807, 2.05) is 12.1 Å². The topological polar surface area (TPSA) is 21.3 Å². The molecule has 6 rings (SSSR count). The fourth-order valence-corrected chi connectivity index (χ4v) is 7.88. The summed E-state index contributed by atoms with van der Waals surface area (Å²) in [6, 6.07) is 14.5. The van der Waals surface area contributed by atoms with Crippen molar-refractivity contribution >= 4 is 11.6 Å². The van der Waals surface area contributed by atoms with Gasteiger partial charge in [-0.3, -0.25) is 0 Å². The largest absolute Gasteiger partial charge is 0.489 e. The summed E-state index contributed by atoms with van der Waals surface area (Å²) in [5, 5.41) is 4.81. The van der Waals surface area contributed by atoms with Gasteiger partial charge in [0.1, 0.15) is 12.4 Å². The number of nitrogens with one attached hydrogen (secondary N) is 1. The molecule has 4 aliphatic carbocycles. The molecule has 0 saturated heterocycles. The van der Waals surface area contributed by atoms with Crippen LogP contribution in [0.4, 0.5) is 0 Å². The highest BCUT2D eigenvalue weighted by Gasteiger charge is 2.59. The Bertz CT molecular complexity index is 936. The fourth-order valence-electron chi connectivity index (χ4n) is 7.68. The Morgan fingerprint density at radius 2 is 1.70 bits per heavy atom. The Balaban J connectivity index is 1.33. The zero-order valence-corrected chi connectivity index (χ0v) is 19.3. The van der Waals surface area contributed by atoms with Gasteiger partial charge in [-0.2, -0.15) is 0 Å². The SMILES string of the molecule is Cc1ccccc1COc1ccc(Cl)cc1CNC12CC3C[C@@](C)(C1)C[C@](C)(C3)C2. The van der Waals surface area contributed by atoms with Gasteiger partial charge in [0, 0.05) is 22.7 Å². The molecule has 1 N–H and O–H groups in total. The van der Waals surface area contributed by atoms with Crippen LogP contribution in [0.1, 0.15) is 69.1 Å². The minimum absolute atomic E-state index is 0.276. The number of ether oxygens (including phenoxy) is 1. The van der Waals surface area contributed by atoms with Gasteiger partial charge in [0.15, 0.2) is 0 Å². The summed E-state index contributed by atoms with van der Waals surface area (Å²) in [6.45, 7) is 8.61. The second-order valence-corrected chi connectivity index (χ2v) is 11.7. The molecule has 0 heterocycles. The van der Waals surface area contributed by atoms with Crippen LogP contribution in [0.2, 0.25) is 5.02 Å². The molecule has 2 unspecified atom stereocenters. The summed E-state index contributed by atoms with van der Waals surface area (Å²) >= 11 is 6.37. The second kappa shape index (κ2) is 7.28. The Labute approximate surface area is 186 Å². The van der Waals surface area contributed by atoms with Crippen molar-refractivity contribution in [1.82, 2.24) is 5.32 Å². The maximum Gasteiger partial charge on any atom is 0.124 e. The molecule has 0 aliphatic heterocycles. The fraction of sp³-hybridized carbons (Fsp3) is 0.556. The zero-order chi connectivity index (χ0) is 21.0. The third-order valence-corrected chi connectivity index (χ3v) is 8.18. The van der Waals surface area contributed by atoms with E-state index < -0.39 is 0 Å². The van der Waals surface area contributed by atoms with E-state index >= 15 is 0 Å². The van der Waals surface area contributed by atoms with E-state index in [4.69, 9.17) is 16.3 Å². The third kappa shape index (κ3) is 3.89. The predicted octanol–water partition coefficient (Wildman–Crippen LogP) is 7.07. The average molecular weight is 424 g/mol. The van der Waals surface area contributed by atoms with Crippen molar-refractivity contribution in [2.45, 2.75) is 78.0 Å². The monoisotopic (exact) mass is 423 g/mol. The number of hydrogen-bond acceptors (Lipinski definition) is 2. The van der Waals surface area contributed by atoms with Crippen LogP contribution in [0.15, 0.2) is 42.5 Å². The highest BCUT2D eigenvalue weighted by Crippen LogP contribution is 2.66. The minimum Gasteiger partial charge on any atom is -0.489 e. The first kappa shape index (κ1) is 20.4. The molecular weight excluding hydrogens is 390 g/mol. The minimum atomic E-state index is 0.276. The van der Waals surface area contributed by atoms with Gasteiger partial charge in [0.25, 0.3) is 0 Å². The van der Waals surface area contributed by atoms with Crippen molar-refractivity contribution in [3.05, 3.63) is 64.2 Å². The van der Waals surface area contributed by atoms with Crippen LogP contribution in [0.25, 0.3) is 0 Å². The molecule has 4 fully saturated rings. The zero-order valence-electron chi connectivity index (χ0n) is 18.6. The van der Waals surface area contributed by atoms with Crippen molar-refractivity contribution in [2.75, 3.05) is 0 Å². The van der Waals surface area contributed by atoms with E-state index in [2.05, 4.69) is 56.4 Å². The van der Waals surface area contributed by atoms with E-state index in [9.17, 15) is 0 Å². The summed E-state index contributed by atoms with van der Waals surface area (Å²) in [4.78, 5) is 0. The van der Waals surface area contributed by atoms with Gasteiger partial charge in [-0.25, -0.2) is 0 Å². The van der Waals surface area contributed by atoms with E-state index in [1.54, 1.807) is 0 Å². The Kier molecular flexibility index (Phi) is 4.95. The molecule has 4 saturated carbocycles. The van der Waals surface area contributed by atoms with Crippen LogP contribution in [0.5, 0.6) is 5.75 Å². The maximum atomic E-state index is 6.37. The molecule has 30 heavy (non-hydrogen) atoms. The molecule has 160 valence electrons. The summed E-state index contributed by atoms with van der Waals surface area (Å²) in [7, 11) is 0. The molecule has 4 bridgehead atoms. The summed E-state index contributed by atoms with van der Waals surface area (Å²) in [5.74, 6) is 1.83. The summed E-state index contributed by atoms with van der Waals surface area (Å²) in [5.41, 5.74) is 4.97. The molecule has 3 heteroatoms. The van der Waals surface area contributed by atoms with E-state index in [0.717, 1.165) is 23.2 Å². The van der Waals surface area contributed by atoms with E-state index in [-0.39, 0.29) is 5.54 Å². The molecule has 0 aromatic heterocycles. The summed E-state index contributed by atoms with van der Waals surface area (Å²) < 4.78 is 6.27. The number of aryl methyl sites for hydroxylation is 1. The second-order valence-electron chi connectivity index (χ2n) is 11.2. The van der Waals surface area contributed by atoms with Crippen molar-refractivity contribution in [1.29, 1.82) is 0 Å². The number of rotatable bonds is 6. The molecule has 2 nitrogen and oxygen atoms in total. The highest BCUT2D eigenvalue weighted by molar-refractivity contribution is 6.30. The van der Waals surface area contributed by atoms with Gasteiger partial charge in [-0.1, -0.05) is 49.7 Å². The van der Waals surface area contributed by atoms with Gasteiger partial charge in [-0.05, 0) is 91.5 Å². The lowest BCUT2D eigenvalue weighted by Crippen LogP contribution is -2.63. The van der Waals surface area contributed by atoms with E-state index in [0.29, 0.717) is 17.4 Å². The molecule has 2 aromatic rings. The third-order valence-electron chi connectivity index (χ3n) is 7.95. The van der Waals surface area contributed by atoms with Gasteiger partial charge in [-0.15, -0.1) is 0 Å². The first-order valence-electron chi connectivity index (χ1n) is 11.5. The molecule has 2 aromatic carbocycles. The van der Waals surface area contributed by atoms with Crippen LogP contribution in [-0.4, -0.2) is 5.54 Å². The molecular formula is C27H34ClNO. The lowest BCUT2D eigenvalue weighted by atomic mass is 9.43. The lowest BCUT2D eigenvalue weighted by molar-refractivity contribution is -0.118. The molecule has 0 amide bonds. The Morgan fingerprint density at radius 3 is 2.40 bits per heavy atom. The summed E-state index contributed by atoms with van der Waals surface area (Å²) in [6.07, 6.45) is 8.21. The average Bonchev–Trinajstić information content (AvgIpc) is 2.64. The highest BCUT2D eigenvalue weighted by atomic mass is 35.5. The first-order valence-corrected chi connectivity index (χ1v) is 11.8. The Morgan fingerprint density at radius 1 is 0.967 bits per heavy atom. The van der Waals surface area contributed by atoms with Crippen LogP contribution < -0.4 is 10.1 Å². The van der Waals surface area contributed by atoms with E-state index in [1.165, 1.54) is 55.2 Å². The van der Waals surface area contributed by atoms with Crippen molar-refractivity contribution in [3.63, 3.8) is 0 Å². The Hall–Kier alpha value is -1.51. The lowest BCUT2D eigenvalue weighted by Gasteiger charge is -2.65. The molecule has 0 radical (unpaired) electrons. The molecule has 4 aliphatic rings. The normalized spacial score (nSPS) is 34.3. The van der Waals surface area contributed by atoms with Gasteiger partial charge in [0.05, 0.1) is 0 Å².